The summed E-state index contributed by atoms with van der Waals surface area (Å²) in [5, 5.41) is 4.62. The number of nitrogens with zero attached hydrogens (tertiary/aromatic N) is 5. The minimum atomic E-state index is -3.86. The Balaban J connectivity index is 1.54. The molecule has 29 heavy (non-hydrogen) atoms. The first kappa shape index (κ1) is 20.2. The molecule has 0 saturated carbocycles. The van der Waals surface area contributed by atoms with E-state index < -0.39 is 10.0 Å². The summed E-state index contributed by atoms with van der Waals surface area (Å²) in [6, 6.07) is 5.85. The van der Waals surface area contributed by atoms with Crippen LogP contribution in [-0.2, 0) is 17.1 Å². The fourth-order valence-electron chi connectivity index (χ4n) is 3.70. The van der Waals surface area contributed by atoms with E-state index in [1.165, 1.54) is 15.2 Å². The van der Waals surface area contributed by atoms with Crippen molar-refractivity contribution in [3.8, 4) is 0 Å². The maximum Gasteiger partial charge on any atom is 0.263 e. The fourth-order valence-corrected chi connectivity index (χ4v) is 5.40. The standard InChI is InChI=1S/C19H24ClN5O3S/c1-13-4-5-15(20)10-17(13)23-6-8-24(9-7-23)29(27,28)18-16(12-22(3)21-18)19(26)25-11-14(25)2/h4-5,10,12,14H,6-9,11H2,1-3H3/t14-,25?/m0/s1. The number of sulfonamides is 1. The molecule has 0 radical (unpaired) electrons. The normalized spacial score (nSPS) is 20.2. The van der Waals surface area contributed by atoms with E-state index in [1.807, 2.05) is 32.0 Å². The highest BCUT2D eigenvalue weighted by Gasteiger charge is 2.40. The highest BCUT2D eigenvalue weighted by Crippen LogP contribution is 2.28. The molecule has 4 rings (SSSR count). The molecule has 2 aliphatic heterocycles. The lowest BCUT2D eigenvalue weighted by atomic mass is 10.1. The third kappa shape index (κ3) is 3.74. The molecule has 1 amide bonds. The van der Waals surface area contributed by atoms with E-state index in [2.05, 4.69) is 10.00 Å². The molecule has 2 saturated heterocycles. The van der Waals surface area contributed by atoms with E-state index >= 15 is 0 Å². The molecular formula is C19H24ClN5O3S. The number of carbonyl (C=O) groups is 1. The number of carbonyl (C=O) groups excluding carboxylic acids is 1. The van der Waals surface area contributed by atoms with Crippen molar-refractivity contribution in [3.63, 3.8) is 0 Å². The number of aromatic nitrogens is 2. The van der Waals surface area contributed by atoms with Crippen LogP contribution < -0.4 is 4.90 Å². The van der Waals surface area contributed by atoms with E-state index in [9.17, 15) is 13.2 Å². The van der Waals surface area contributed by atoms with E-state index in [0.29, 0.717) is 37.7 Å². The van der Waals surface area contributed by atoms with Crippen molar-refractivity contribution in [1.82, 2.24) is 19.0 Å². The fraction of sp³-hybridized carbons (Fsp3) is 0.474. The number of hydrogen-bond donors (Lipinski definition) is 0. The van der Waals surface area contributed by atoms with Gasteiger partial charge in [-0.2, -0.15) is 9.40 Å². The zero-order valence-corrected chi connectivity index (χ0v) is 18.2. The molecular weight excluding hydrogens is 414 g/mol. The zero-order chi connectivity index (χ0) is 20.9. The molecule has 0 bridgehead atoms. The Kier molecular flexibility index (Phi) is 5.08. The molecule has 3 heterocycles. The molecule has 8 nitrogen and oxygen atoms in total. The van der Waals surface area contributed by atoms with Crippen LogP contribution in [-0.4, -0.2) is 72.1 Å². The van der Waals surface area contributed by atoms with Gasteiger partial charge in [0.25, 0.3) is 15.9 Å². The van der Waals surface area contributed by atoms with Crippen LogP contribution in [0.3, 0.4) is 0 Å². The lowest BCUT2D eigenvalue weighted by Gasteiger charge is -2.35. The van der Waals surface area contributed by atoms with E-state index in [1.54, 1.807) is 11.9 Å². The van der Waals surface area contributed by atoms with Crippen molar-refractivity contribution in [2.24, 2.45) is 7.05 Å². The van der Waals surface area contributed by atoms with Crippen LogP contribution in [0.1, 0.15) is 22.8 Å². The number of anilines is 1. The van der Waals surface area contributed by atoms with Crippen molar-refractivity contribution in [1.29, 1.82) is 0 Å². The SMILES string of the molecule is Cc1ccc(Cl)cc1N1CCN(S(=O)(=O)c2nn(C)cc2C(=O)N2C[C@@H]2C)CC1. The molecule has 0 aliphatic carbocycles. The molecule has 2 fully saturated rings. The van der Waals surface area contributed by atoms with Gasteiger partial charge >= 0.3 is 0 Å². The van der Waals surface area contributed by atoms with Gasteiger partial charge in [-0.1, -0.05) is 17.7 Å². The zero-order valence-electron chi connectivity index (χ0n) is 16.7. The van der Waals surface area contributed by atoms with Gasteiger partial charge in [-0.15, -0.1) is 0 Å². The van der Waals surface area contributed by atoms with Gasteiger partial charge in [-0.05, 0) is 31.5 Å². The van der Waals surface area contributed by atoms with Crippen LogP contribution in [0.5, 0.6) is 0 Å². The number of piperazine rings is 1. The summed E-state index contributed by atoms with van der Waals surface area (Å²) in [4.78, 5) is 16.4. The van der Waals surface area contributed by atoms with Gasteiger partial charge in [-0.3, -0.25) is 9.48 Å². The third-order valence-corrected chi connectivity index (χ3v) is 7.55. The van der Waals surface area contributed by atoms with E-state index in [-0.39, 0.29) is 22.5 Å². The first-order valence-electron chi connectivity index (χ1n) is 9.54. The second kappa shape index (κ2) is 7.30. The molecule has 0 N–H and O–H groups in total. The smallest absolute Gasteiger partial charge is 0.263 e. The van der Waals surface area contributed by atoms with Gasteiger partial charge in [0.1, 0.15) is 0 Å². The Labute approximate surface area is 175 Å². The van der Waals surface area contributed by atoms with Gasteiger partial charge in [-0.25, -0.2) is 8.42 Å². The highest BCUT2D eigenvalue weighted by molar-refractivity contribution is 7.89. The second-order valence-electron chi connectivity index (χ2n) is 7.65. The lowest BCUT2D eigenvalue weighted by Crippen LogP contribution is -2.49. The van der Waals surface area contributed by atoms with Crippen molar-refractivity contribution in [2.45, 2.75) is 24.9 Å². The number of aryl methyl sites for hydroxylation is 2. The molecule has 1 aromatic heterocycles. The predicted octanol–water partition coefficient (Wildman–Crippen LogP) is 1.74. The van der Waals surface area contributed by atoms with Crippen molar-refractivity contribution in [3.05, 3.63) is 40.5 Å². The number of benzene rings is 1. The summed E-state index contributed by atoms with van der Waals surface area (Å²) in [5.41, 5.74) is 2.25. The summed E-state index contributed by atoms with van der Waals surface area (Å²) in [6.45, 7) is 6.30. The van der Waals surface area contributed by atoms with Crippen molar-refractivity contribution < 1.29 is 13.2 Å². The van der Waals surface area contributed by atoms with Crippen LogP contribution in [0, 0.1) is 6.92 Å². The van der Waals surface area contributed by atoms with Gasteiger partial charge < -0.3 is 9.80 Å². The van der Waals surface area contributed by atoms with Crippen LogP contribution in [0.25, 0.3) is 0 Å². The summed E-state index contributed by atoms with van der Waals surface area (Å²) in [6.07, 6.45) is 1.49. The molecule has 2 aliphatic rings. The molecule has 0 unspecified atom stereocenters. The minimum Gasteiger partial charge on any atom is -0.369 e. The molecule has 1 aromatic carbocycles. The maximum absolute atomic E-state index is 13.3. The monoisotopic (exact) mass is 437 g/mol. The second-order valence-corrected chi connectivity index (χ2v) is 9.94. The Morgan fingerprint density at radius 2 is 1.86 bits per heavy atom. The molecule has 0 spiro atoms. The summed E-state index contributed by atoms with van der Waals surface area (Å²) < 4.78 is 29.3. The number of rotatable bonds is 4. The largest absolute Gasteiger partial charge is 0.369 e. The van der Waals surface area contributed by atoms with E-state index in [0.717, 1.165) is 11.3 Å². The van der Waals surface area contributed by atoms with Crippen molar-refractivity contribution >= 4 is 33.2 Å². The van der Waals surface area contributed by atoms with Crippen molar-refractivity contribution in [2.75, 3.05) is 37.6 Å². The van der Waals surface area contributed by atoms with Gasteiger partial charge in [0.15, 0.2) is 0 Å². The quantitative estimate of drug-likeness (QED) is 0.681. The average molecular weight is 438 g/mol. The maximum atomic E-state index is 13.3. The van der Waals surface area contributed by atoms with Crippen LogP contribution in [0.15, 0.2) is 29.4 Å². The topological polar surface area (TPSA) is 78.5 Å². The van der Waals surface area contributed by atoms with Gasteiger partial charge in [0.05, 0.1) is 5.56 Å². The average Bonchev–Trinajstić information content (AvgIpc) is 3.28. The molecule has 10 heteroatoms. The molecule has 1 atom stereocenters. The molecule has 156 valence electrons. The number of hydrogen-bond acceptors (Lipinski definition) is 5. The van der Waals surface area contributed by atoms with Gasteiger partial charge in [0, 0.05) is 62.7 Å². The third-order valence-electron chi connectivity index (χ3n) is 5.48. The first-order valence-corrected chi connectivity index (χ1v) is 11.4. The summed E-state index contributed by atoms with van der Waals surface area (Å²) in [7, 11) is -2.24. The van der Waals surface area contributed by atoms with Crippen LogP contribution in [0.4, 0.5) is 5.69 Å². The van der Waals surface area contributed by atoms with Gasteiger partial charge in [0.2, 0.25) is 5.03 Å². The Morgan fingerprint density at radius 3 is 2.48 bits per heavy atom. The first-order chi connectivity index (χ1) is 13.7. The Bertz CT molecular complexity index is 1060. The lowest BCUT2D eigenvalue weighted by molar-refractivity contribution is 0.0872. The summed E-state index contributed by atoms with van der Waals surface area (Å²) in [5.74, 6) is -0.280. The predicted molar refractivity (Wildman–Crippen MR) is 111 cm³/mol. The summed E-state index contributed by atoms with van der Waals surface area (Å²) >= 11 is 6.13. The number of amides is 1. The molecule has 2 aromatic rings. The Morgan fingerprint density at radius 1 is 1.21 bits per heavy atom. The highest BCUT2D eigenvalue weighted by atomic mass is 35.5. The van der Waals surface area contributed by atoms with Crippen LogP contribution >= 0.6 is 11.6 Å². The van der Waals surface area contributed by atoms with Crippen LogP contribution in [0.2, 0.25) is 5.02 Å². The minimum absolute atomic E-state index is 0.141. The number of halogens is 1. The Hall–Kier alpha value is -2.10. The van der Waals surface area contributed by atoms with E-state index in [4.69, 9.17) is 11.6 Å².